The van der Waals surface area contributed by atoms with Crippen molar-refractivity contribution in [3.63, 3.8) is 0 Å². The van der Waals surface area contributed by atoms with Gasteiger partial charge in [0.1, 0.15) is 0 Å². The van der Waals surface area contributed by atoms with Crippen LogP contribution in [0, 0.1) is 5.92 Å². The summed E-state index contributed by atoms with van der Waals surface area (Å²) in [7, 11) is 0. The number of fused-ring (bicyclic) bond motifs is 1. The quantitative estimate of drug-likeness (QED) is 0.798. The molecule has 0 radical (unpaired) electrons. The van der Waals surface area contributed by atoms with Gasteiger partial charge in [-0.15, -0.1) is 0 Å². The topological polar surface area (TPSA) is 12.0 Å². The molecule has 0 aromatic heterocycles. The van der Waals surface area contributed by atoms with Crippen LogP contribution in [0.5, 0.6) is 0 Å². The zero-order valence-electron chi connectivity index (χ0n) is 9.91. The highest BCUT2D eigenvalue weighted by molar-refractivity contribution is 5.29. The van der Waals surface area contributed by atoms with Crippen LogP contribution >= 0.6 is 0 Å². The molecule has 1 unspecified atom stereocenters. The molecule has 1 fully saturated rings. The van der Waals surface area contributed by atoms with E-state index in [0.717, 1.165) is 18.5 Å². The normalized spacial score (nSPS) is 25.6. The summed E-state index contributed by atoms with van der Waals surface area (Å²) in [5, 5.41) is 3.70. The van der Waals surface area contributed by atoms with Crippen LogP contribution < -0.4 is 5.32 Å². The first-order chi connectivity index (χ1) is 7.92. The standard InChI is InChI=1S/C15H21N/c1-2-6-12(5-1)9-15-10-13-7-3-4-8-14(13)11-16-15/h3-4,7-8,12,15-16H,1-2,5-6,9-11H2. The van der Waals surface area contributed by atoms with Crippen LogP contribution in [0.2, 0.25) is 0 Å². The minimum Gasteiger partial charge on any atom is -0.310 e. The lowest BCUT2D eigenvalue weighted by molar-refractivity contribution is 0.370. The molecule has 1 nitrogen and oxygen atoms in total. The second-order valence-corrected chi connectivity index (χ2v) is 5.44. The summed E-state index contributed by atoms with van der Waals surface area (Å²) in [6, 6.07) is 9.62. The molecule has 2 aliphatic rings. The molecule has 0 saturated heterocycles. The van der Waals surface area contributed by atoms with Crippen LogP contribution in [0.4, 0.5) is 0 Å². The number of benzene rings is 1. The molecule has 1 heterocycles. The molecule has 1 N–H and O–H groups in total. The van der Waals surface area contributed by atoms with E-state index in [-0.39, 0.29) is 0 Å². The minimum absolute atomic E-state index is 0.734. The van der Waals surface area contributed by atoms with Crippen LogP contribution in [0.1, 0.15) is 43.2 Å². The Morgan fingerprint density at radius 1 is 1.06 bits per heavy atom. The van der Waals surface area contributed by atoms with E-state index in [9.17, 15) is 0 Å². The summed E-state index contributed by atoms with van der Waals surface area (Å²) in [5.74, 6) is 1.00. The third kappa shape index (κ3) is 2.15. The highest BCUT2D eigenvalue weighted by atomic mass is 14.9. The third-order valence-corrected chi connectivity index (χ3v) is 4.26. The van der Waals surface area contributed by atoms with Crippen molar-refractivity contribution in [2.75, 3.05) is 0 Å². The summed E-state index contributed by atoms with van der Waals surface area (Å²) in [6.07, 6.45) is 8.52. The van der Waals surface area contributed by atoms with Crippen molar-refractivity contribution >= 4 is 0 Å². The predicted molar refractivity (Wildman–Crippen MR) is 67.3 cm³/mol. The molecule has 16 heavy (non-hydrogen) atoms. The summed E-state index contributed by atoms with van der Waals surface area (Å²) < 4.78 is 0. The molecule has 0 bridgehead atoms. The second-order valence-electron chi connectivity index (χ2n) is 5.44. The second kappa shape index (κ2) is 4.58. The Labute approximate surface area is 98.3 Å². The van der Waals surface area contributed by atoms with Gasteiger partial charge in [-0.05, 0) is 29.9 Å². The van der Waals surface area contributed by atoms with E-state index in [1.54, 1.807) is 5.56 Å². The molecule has 1 aromatic rings. The fourth-order valence-electron chi connectivity index (χ4n) is 3.34. The molecule has 1 aliphatic heterocycles. The molecule has 1 heteroatoms. The van der Waals surface area contributed by atoms with Crippen LogP contribution in [-0.4, -0.2) is 6.04 Å². The van der Waals surface area contributed by atoms with E-state index < -0.39 is 0 Å². The molecule has 86 valence electrons. The maximum absolute atomic E-state index is 3.70. The van der Waals surface area contributed by atoms with Gasteiger partial charge in [0.05, 0.1) is 0 Å². The van der Waals surface area contributed by atoms with Crippen molar-refractivity contribution in [1.82, 2.24) is 5.32 Å². The Hall–Kier alpha value is -0.820. The molecule has 1 saturated carbocycles. The van der Waals surface area contributed by atoms with Crippen molar-refractivity contribution in [3.05, 3.63) is 35.4 Å². The number of hydrogen-bond acceptors (Lipinski definition) is 1. The van der Waals surface area contributed by atoms with Crippen molar-refractivity contribution in [3.8, 4) is 0 Å². The highest BCUT2D eigenvalue weighted by Gasteiger charge is 2.23. The van der Waals surface area contributed by atoms with Gasteiger partial charge in [-0.25, -0.2) is 0 Å². The van der Waals surface area contributed by atoms with E-state index in [4.69, 9.17) is 0 Å². The monoisotopic (exact) mass is 215 g/mol. The first-order valence-electron chi connectivity index (χ1n) is 6.72. The Bertz CT molecular complexity index is 352. The largest absolute Gasteiger partial charge is 0.310 e. The van der Waals surface area contributed by atoms with Crippen LogP contribution in [0.25, 0.3) is 0 Å². The van der Waals surface area contributed by atoms with E-state index in [1.165, 1.54) is 44.1 Å². The van der Waals surface area contributed by atoms with Gasteiger partial charge in [-0.1, -0.05) is 49.9 Å². The van der Waals surface area contributed by atoms with Crippen LogP contribution in [0.3, 0.4) is 0 Å². The Kier molecular flexibility index (Phi) is 2.96. The molecule has 0 spiro atoms. The average molecular weight is 215 g/mol. The van der Waals surface area contributed by atoms with Gasteiger partial charge in [0.15, 0.2) is 0 Å². The molecular weight excluding hydrogens is 194 g/mol. The fourth-order valence-corrected chi connectivity index (χ4v) is 3.34. The first-order valence-corrected chi connectivity index (χ1v) is 6.72. The van der Waals surface area contributed by atoms with Crippen LogP contribution in [0.15, 0.2) is 24.3 Å². The molecule has 0 amide bonds. The average Bonchev–Trinajstić information content (AvgIpc) is 2.82. The fraction of sp³-hybridized carbons (Fsp3) is 0.600. The first kappa shape index (κ1) is 10.3. The van der Waals surface area contributed by atoms with Crippen molar-refractivity contribution in [2.24, 2.45) is 5.92 Å². The van der Waals surface area contributed by atoms with E-state index in [2.05, 4.69) is 29.6 Å². The smallest absolute Gasteiger partial charge is 0.0210 e. The van der Waals surface area contributed by atoms with Crippen LogP contribution in [-0.2, 0) is 13.0 Å². The summed E-state index contributed by atoms with van der Waals surface area (Å²) >= 11 is 0. The molecule has 1 aliphatic carbocycles. The van der Waals surface area contributed by atoms with Crippen molar-refractivity contribution in [2.45, 2.75) is 51.1 Å². The highest BCUT2D eigenvalue weighted by Crippen LogP contribution is 2.30. The van der Waals surface area contributed by atoms with Gasteiger partial charge in [-0.3, -0.25) is 0 Å². The lowest BCUT2D eigenvalue weighted by Crippen LogP contribution is -2.36. The van der Waals surface area contributed by atoms with Gasteiger partial charge in [0, 0.05) is 12.6 Å². The lowest BCUT2D eigenvalue weighted by Gasteiger charge is -2.28. The van der Waals surface area contributed by atoms with Gasteiger partial charge < -0.3 is 5.32 Å². The molecule has 1 atom stereocenters. The van der Waals surface area contributed by atoms with Gasteiger partial charge in [-0.2, -0.15) is 0 Å². The number of hydrogen-bond donors (Lipinski definition) is 1. The van der Waals surface area contributed by atoms with E-state index >= 15 is 0 Å². The minimum atomic E-state index is 0.734. The Balaban J connectivity index is 1.63. The van der Waals surface area contributed by atoms with E-state index in [1.807, 2.05) is 0 Å². The third-order valence-electron chi connectivity index (χ3n) is 4.26. The van der Waals surface area contributed by atoms with Gasteiger partial charge in [0.2, 0.25) is 0 Å². The zero-order valence-corrected chi connectivity index (χ0v) is 9.91. The van der Waals surface area contributed by atoms with E-state index in [0.29, 0.717) is 0 Å². The van der Waals surface area contributed by atoms with Crippen molar-refractivity contribution in [1.29, 1.82) is 0 Å². The maximum Gasteiger partial charge on any atom is 0.0210 e. The van der Waals surface area contributed by atoms with Crippen molar-refractivity contribution < 1.29 is 0 Å². The maximum atomic E-state index is 3.70. The summed E-state index contributed by atoms with van der Waals surface area (Å²) in [4.78, 5) is 0. The van der Waals surface area contributed by atoms with Gasteiger partial charge >= 0.3 is 0 Å². The molecule has 3 rings (SSSR count). The number of nitrogens with one attached hydrogen (secondary N) is 1. The SMILES string of the molecule is c1ccc2c(c1)CNC(CC1CCCC1)C2. The summed E-state index contributed by atoms with van der Waals surface area (Å²) in [6.45, 7) is 1.08. The zero-order chi connectivity index (χ0) is 10.8. The Morgan fingerprint density at radius 3 is 2.62 bits per heavy atom. The summed E-state index contributed by atoms with van der Waals surface area (Å²) in [5.41, 5.74) is 3.08. The Morgan fingerprint density at radius 2 is 1.81 bits per heavy atom. The molecular formula is C15H21N. The van der Waals surface area contributed by atoms with Gasteiger partial charge in [0.25, 0.3) is 0 Å². The lowest BCUT2D eigenvalue weighted by atomic mass is 9.89. The predicted octanol–water partition coefficient (Wildman–Crippen LogP) is 3.28. The number of rotatable bonds is 2. The molecule has 1 aromatic carbocycles.